The van der Waals surface area contributed by atoms with Gasteiger partial charge < -0.3 is 23.9 Å². The van der Waals surface area contributed by atoms with E-state index >= 15 is 0 Å². The third kappa shape index (κ3) is 3.68. The first-order valence-corrected chi connectivity index (χ1v) is 9.70. The number of hydrogen-bond donors (Lipinski definition) is 1. The normalized spacial score (nSPS) is 10.7. The molecule has 4 rings (SSSR count). The Morgan fingerprint density at radius 3 is 1.58 bits per heavy atom. The predicted octanol–water partition coefficient (Wildman–Crippen LogP) is 4.90. The molecule has 0 bridgehead atoms. The number of nitrogens with one attached hydrogen (secondary N) is 1. The Hall–Kier alpha value is -3.93. The largest absolute Gasteiger partial charge is 0.497 e. The van der Waals surface area contributed by atoms with Gasteiger partial charge >= 0.3 is 0 Å². The summed E-state index contributed by atoms with van der Waals surface area (Å²) < 4.78 is 21.5. The Labute approximate surface area is 180 Å². The maximum atomic E-state index is 13.1. The molecule has 0 spiro atoms. The Kier molecular flexibility index (Phi) is 5.54. The van der Waals surface area contributed by atoms with Crippen LogP contribution in [0.4, 0.5) is 0 Å². The highest BCUT2D eigenvalue weighted by Gasteiger charge is 2.18. The number of benzene rings is 3. The third-order valence-electron chi connectivity index (χ3n) is 5.28. The summed E-state index contributed by atoms with van der Waals surface area (Å²) in [6.45, 7) is 0. The van der Waals surface area contributed by atoms with E-state index in [1.807, 2.05) is 54.6 Å². The van der Waals surface area contributed by atoms with Crippen LogP contribution >= 0.6 is 0 Å². The van der Waals surface area contributed by atoms with Gasteiger partial charge in [-0.05, 0) is 59.7 Å². The average Bonchev–Trinajstić information content (AvgIpc) is 2.83. The van der Waals surface area contributed by atoms with Crippen molar-refractivity contribution in [1.29, 1.82) is 0 Å². The number of H-pyrrole nitrogens is 1. The highest BCUT2D eigenvalue weighted by molar-refractivity contribution is 6.03. The SMILES string of the molecule is COc1ccc(-c2[nH]c(=O)c3cc(OC)c(OC)cc3c2-c2ccc(OC)cc2)cc1. The molecule has 0 saturated heterocycles. The minimum absolute atomic E-state index is 0.209. The second-order valence-corrected chi connectivity index (χ2v) is 6.91. The van der Waals surface area contributed by atoms with Crippen LogP contribution in [0.3, 0.4) is 0 Å². The van der Waals surface area contributed by atoms with Crippen LogP contribution < -0.4 is 24.5 Å². The number of methoxy groups -OCH3 is 4. The van der Waals surface area contributed by atoms with Gasteiger partial charge in [0.2, 0.25) is 0 Å². The van der Waals surface area contributed by atoms with Gasteiger partial charge in [-0.15, -0.1) is 0 Å². The van der Waals surface area contributed by atoms with Crippen molar-refractivity contribution < 1.29 is 18.9 Å². The maximum Gasteiger partial charge on any atom is 0.256 e. The molecule has 0 aliphatic rings. The van der Waals surface area contributed by atoms with Crippen LogP contribution in [-0.2, 0) is 0 Å². The first kappa shape index (κ1) is 20.3. The minimum atomic E-state index is -0.209. The van der Waals surface area contributed by atoms with Crippen molar-refractivity contribution in [3.05, 3.63) is 71.0 Å². The van der Waals surface area contributed by atoms with E-state index in [2.05, 4.69) is 4.98 Å². The van der Waals surface area contributed by atoms with Crippen LogP contribution in [0, 0.1) is 0 Å². The number of rotatable bonds is 6. The lowest BCUT2D eigenvalue weighted by molar-refractivity contribution is 0.356. The molecule has 0 unspecified atom stereocenters. The van der Waals surface area contributed by atoms with Crippen LogP contribution in [0.1, 0.15) is 0 Å². The van der Waals surface area contributed by atoms with E-state index in [1.165, 1.54) is 0 Å². The van der Waals surface area contributed by atoms with E-state index in [9.17, 15) is 4.79 Å². The van der Waals surface area contributed by atoms with Gasteiger partial charge in [-0.3, -0.25) is 4.79 Å². The predicted molar refractivity (Wildman–Crippen MR) is 122 cm³/mol. The Morgan fingerprint density at radius 1 is 0.613 bits per heavy atom. The highest BCUT2D eigenvalue weighted by atomic mass is 16.5. The molecule has 0 fully saturated rings. The molecule has 0 aliphatic heterocycles. The summed E-state index contributed by atoms with van der Waals surface area (Å²) >= 11 is 0. The molecular weight excluding hydrogens is 394 g/mol. The summed E-state index contributed by atoms with van der Waals surface area (Å²) in [5.74, 6) is 2.54. The van der Waals surface area contributed by atoms with Gasteiger partial charge in [0.25, 0.3) is 5.56 Å². The molecule has 0 aliphatic carbocycles. The molecule has 0 amide bonds. The van der Waals surface area contributed by atoms with Crippen LogP contribution in [0.25, 0.3) is 33.2 Å². The number of fused-ring (bicyclic) bond motifs is 1. The van der Waals surface area contributed by atoms with Crippen molar-refractivity contribution in [3.8, 4) is 45.4 Å². The van der Waals surface area contributed by atoms with Crippen molar-refractivity contribution in [2.45, 2.75) is 0 Å². The van der Waals surface area contributed by atoms with Gasteiger partial charge in [0.1, 0.15) is 11.5 Å². The molecule has 6 heteroatoms. The van der Waals surface area contributed by atoms with Crippen molar-refractivity contribution in [1.82, 2.24) is 4.98 Å². The molecule has 1 N–H and O–H groups in total. The van der Waals surface area contributed by atoms with Crippen molar-refractivity contribution >= 4 is 10.8 Å². The zero-order valence-corrected chi connectivity index (χ0v) is 17.8. The summed E-state index contributed by atoms with van der Waals surface area (Å²) in [6.07, 6.45) is 0. The van der Waals surface area contributed by atoms with Gasteiger partial charge in [0.05, 0.1) is 39.5 Å². The number of pyridine rings is 1. The number of hydrogen-bond acceptors (Lipinski definition) is 5. The van der Waals surface area contributed by atoms with E-state index in [1.54, 1.807) is 34.5 Å². The van der Waals surface area contributed by atoms with Gasteiger partial charge in [-0.25, -0.2) is 0 Å². The Bertz CT molecular complexity index is 1270. The molecule has 31 heavy (non-hydrogen) atoms. The fourth-order valence-corrected chi connectivity index (χ4v) is 3.68. The van der Waals surface area contributed by atoms with Crippen LogP contribution in [0.2, 0.25) is 0 Å². The monoisotopic (exact) mass is 417 g/mol. The number of ether oxygens (including phenoxy) is 4. The summed E-state index contributed by atoms with van der Waals surface area (Å²) in [4.78, 5) is 16.1. The first-order chi connectivity index (χ1) is 15.1. The van der Waals surface area contributed by atoms with Crippen LogP contribution in [0.5, 0.6) is 23.0 Å². The Morgan fingerprint density at radius 2 is 1.10 bits per heavy atom. The number of aromatic nitrogens is 1. The fourth-order valence-electron chi connectivity index (χ4n) is 3.68. The molecule has 158 valence electrons. The van der Waals surface area contributed by atoms with Gasteiger partial charge in [-0.2, -0.15) is 0 Å². The molecule has 0 saturated carbocycles. The molecule has 6 nitrogen and oxygen atoms in total. The zero-order valence-electron chi connectivity index (χ0n) is 17.8. The topological polar surface area (TPSA) is 69.8 Å². The number of aromatic amines is 1. The summed E-state index contributed by atoms with van der Waals surface area (Å²) in [7, 11) is 6.38. The average molecular weight is 417 g/mol. The fraction of sp³-hybridized carbons (Fsp3) is 0.160. The molecule has 1 heterocycles. The van der Waals surface area contributed by atoms with Crippen LogP contribution in [0.15, 0.2) is 65.5 Å². The van der Waals surface area contributed by atoms with Crippen molar-refractivity contribution in [3.63, 3.8) is 0 Å². The first-order valence-electron chi connectivity index (χ1n) is 9.70. The zero-order chi connectivity index (χ0) is 22.0. The van der Waals surface area contributed by atoms with E-state index in [0.717, 1.165) is 33.6 Å². The lowest BCUT2D eigenvalue weighted by atomic mass is 9.93. The van der Waals surface area contributed by atoms with Gasteiger partial charge in [0, 0.05) is 10.9 Å². The van der Waals surface area contributed by atoms with Crippen molar-refractivity contribution in [2.75, 3.05) is 28.4 Å². The van der Waals surface area contributed by atoms with Crippen LogP contribution in [-0.4, -0.2) is 33.4 Å². The maximum absolute atomic E-state index is 13.1. The van der Waals surface area contributed by atoms with Gasteiger partial charge in [0.15, 0.2) is 11.5 Å². The van der Waals surface area contributed by atoms with E-state index in [-0.39, 0.29) is 5.56 Å². The van der Waals surface area contributed by atoms with Gasteiger partial charge in [-0.1, -0.05) is 12.1 Å². The van der Waals surface area contributed by atoms with E-state index < -0.39 is 0 Å². The molecule has 0 atom stereocenters. The lowest BCUT2D eigenvalue weighted by Crippen LogP contribution is -2.10. The molecule has 1 aromatic heterocycles. The van der Waals surface area contributed by atoms with Crippen molar-refractivity contribution in [2.24, 2.45) is 0 Å². The highest BCUT2D eigenvalue weighted by Crippen LogP contribution is 2.40. The Balaban J connectivity index is 2.08. The molecule has 3 aromatic carbocycles. The second kappa shape index (κ2) is 8.44. The van der Waals surface area contributed by atoms with E-state index in [0.29, 0.717) is 22.6 Å². The standard InChI is InChI=1S/C25H23NO5/c1-28-17-9-5-15(6-10-17)23-19-13-21(30-3)22(31-4)14-20(19)25(27)26-24(23)16-7-11-18(29-2)12-8-16/h5-14H,1-4H3,(H,26,27). The molecule has 0 radical (unpaired) electrons. The summed E-state index contributed by atoms with van der Waals surface area (Å²) in [5, 5.41) is 1.28. The van der Waals surface area contributed by atoms with E-state index in [4.69, 9.17) is 18.9 Å². The lowest BCUT2D eigenvalue weighted by Gasteiger charge is -2.16. The third-order valence-corrected chi connectivity index (χ3v) is 5.28. The summed E-state index contributed by atoms with van der Waals surface area (Å²) in [5.41, 5.74) is 3.17. The second-order valence-electron chi connectivity index (χ2n) is 6.91. The molecular formula is C25H23NO5. The smallest absolute Gasteiger partial charge is 0.256 e. The quantitative estimate of drug-likeness (QED) is 0.483. The molecule has 4 aromatic rings. The summed E-state index contributed by atoms with van der Waals surface area (Å²) in [6, 6.07) is 18.8. The minimum Gasteiger partial charge on any atom is -0.497 e.